The molecule has 0 radical (unpaired) electrons. The number of likely N-dealkylation sites (tertiary alicyclic amines) is 1. The first kappa shape index (κ1) is 16.5. The van der Waals surface area contributed by atoms with E-state index in [1.807, 2.05) is 6.07 Å². The van der Waals surface area contributed by atoms with Crippen molar-refractivity contribution in [2.45, 2.75) is 25.3 Å². The SMILES string of the molecule is Cc1ccc2c(c1)C1CN(C)CCC1N2C(=S)Nc1cccc(F)c1. The molecule has 2 aromatic carbocycles. The Morgan fingerprint density at radius 1 is 1.24 bits per heavy atom. The van der Waals surface area contributed by atoms with Gasteiger partial charge in [-0.3, -0.25) is 0 Å². The highest BCUT2D eigenvalue weighted by Crippen LogP contribution is 2.45. The maximum atomic E-state index is 13.5. The van der Waals surface area contributed by atoms with E-state index in [-0.39, 0.29) is 5.82 Å². The fraction of sp³-hybridized carbons (Fsp3) is 0.350. The number of hydrogen-bond acceptors (Lipinski definition) is 2. The zero-order valence-electron chi connectivity index (χ0n) is 14.5. The number of nitrogens with one attached hydrogen (secondary N) is 1. The van der Waals surface area contributed by atoms with Crippen LogP contribution in [0, 0.1) is 12.7 Å². The van der Waals surface area contributed by atoms with Crippen LogP contribution in [0.4, 0.5) is 15.8 Å². The molecule has 3 nitrogen and oxygen atoms in total. The summed E-state index contributed by atoms with van der Waals surface area (Å²) in [5, 5.41) is 3.87. The molecule has 1 saturated heterocycles. The molecule has 0 spiro atoms. The number of likely N-dealkylation sites (N-methyl/N-ethyl adjacent to an activating group) is 1. The lowest BCUT2D eigenvalue weighted by Crippen LogP contribution is -2.48. The molecule has 1 fully saturated rings. The highest BCUT2D eigenvalue weighted by atomic mass is 32.1. The monoisotopic (exact) mass is 355 g/mol. The van der Waals surface area contributed by atoms with Crippen LogP contribution in [0.1, 0.15) is 23.5 Å². The normalized spacial score (nSPS) is 22.4. The van der Waals surface area contributed by atoms with Gasteiger partial charge in [0.05, 0.1) is 0 Å². The van der Waals surface area contributed by atoms with Crippen molar-refractivity contribution in [1.82, 2.24) is 4.90 Å². The van der Waals surface area contributed by atoms with Crippen molar-refractivity contribution in [1.29, 1.82) is 0 Å². The van der Waals surface area contributed by atoms with Crippen molar-refractivity contribution >= 4 is 28.7 Å². The molecule has 130 valence electrons. The second-order valence-corrected chi connectivity index (χ2v) is 7.48. The number of hydrogen-bond donors (Lipinski definition) is 1. The average Bonchev–Trinajstić information content (AvgIpc) is 2.88. The summed E-state index contributed by atoms with van der Waals surface area (Å²) in [6.07, 6.45) is 1.07. The van der Waals surface area contributed by atoms with Crippen molar-refractivity contribution in [2.75, 3.05) is 30.4 Å². The zero-order valence-corrected chi connectivity index (χ0v) is 15.3. The lowest BCUT2D eigenvalue weighted by Gasteiger charge is -2.37. The van der Waals surface area contributed by atoms with Gasteiger partial charge in [0.15, 0.2) is 5.11 Å². The number of halogens is 1. The molecule has 0 aromatic heterocycles. The molecule has 1 N–H and O–H groups in total. The largest absolute Gasteiger partial charge is 0.332 e. The number of benzene rings is 2. The molecule has 2 atom stereocenters. The minimum Gasteiger partial charge on any atom is -0.332 e. The second kappa shape index (κ2) is 6.39. The van der Waals surface area contributed by atoms with Crippen molar-refractivity contribution in [3.05, 3.63) is 59.4 Å². The topological polar surface area (TPSA) is 18.5 Å². The van der Waals surface area contributed by atoms with Crippen LogP contribution in [-0.2, 0) is 0 Å². The summed E-state index contributed by atoms with van der Waals surface area (Å²) >= 11 is 5.72. The Balaban J connectivity index is 1.67. The van der Waals surface area contributed by atoms with E-state index < -0.39 is 0 Å². The van der Waals surface area contributed by atoms with E-state index in [0.29, 0.717) is 22.8 Å². The quantitative estimate of drug-likeness (QED) is 0.775. The molecule has 2 aromatic rings. The van der Waals surface area contributed by atoms with Gasteiger partial charge in [-0.1, -0.05) is 23.8 Å². The van der Waals surface area contributed by atoms with Crippen LogP contribution in [0.2, 0.25) is 0 Å². The summed E-state index contributed by atoms with van der Waals surface area (Å²) < 4.78 is 13.5. The third-order valence-electron chi connectivity index (χ3n) is 5.25. The molecule has 0 saturated carbocycles. The number of piperidine rings is 1. The summed E-state index contributed by atoms with van der Waals surface area (Å²) in [7, 11) is 2.18. The molecule has 5 heteroatoms. The Bertz CT molecular complexity index is 822. The van der Waals surface area contributed by atoms with Gasteiger partial charge in [0.1, 0.15) is 5.82 Å². The van der Waals surface area contributed by atoms with E-state index in [1.165, 1.54) is 28.9 Å². The number of thiocarbonyl (C=S) groups is 1. The summed E-state index contributed by atoms with van der Waals surface area (Å²) in [5.41, 5.74) is 4.52. The van der Waals surface area contributed by atoms with E-state index in [4.69, 9.17) is 12.2 Å². The first-order valence-electron chi connectivity index (χ1n) is 8.68. The van der Waals surface area contributed by atoms with Crippen molar-refractivity contribution in [2.24, 2.45) is 0 Å². The fourth-order valence-electron chi connectivity index (χ4n) is 4.10. The Kier molecular flexibility index (Phi) is 4.21. The fourth-order valence-corrected chi connectivity index (χ4v) is 4.45. The first-order valence-corrected chi connectivity index (χ1v) is 9.08. The lowest BCUT2D eigenvalue weighted by atomic mass is 9.89. The number of fused-ring (bicyclic) bond motifs is 3. The van der Waals surface area contributed by atoms with E-state index >= 15 is 0 Å². The molecule has 2 aliphatic heterocycles. The highest BCUT2D eigenvalue weighted by molar-refractivity contribution is 7.80. The first-order chi connectivity index (χ1) is 12.0. The van der Waals surface area contributed by atoms with Crippen molar-refractivity contribution < 1.29 is 4.39 Å². The molecule has 0 amide bonds. The Hall–Kier alpha value is -1.98. The second-order valence-electron chi connectivity index (χ2n) is 7.10. The Labute approximate surface area is 153 Å². The minimum absolute atomic E-state index is 0.262. The van der Waals surface area contributed by atoms with Crippen LogP contribution >= 0.6 is 12.2 Å². The molecule has 0 aliphatic carbocycles. The molecule has 2 aliphatic rings. The van der Waals surface area contributed by atoms with Gasteiger partial charge in [0, 0.05) is 29.9 Å². The van der Waals surface area contributed by atoms with Gasteiger partial charge in [-0.05, 0) is 69.0 Å². The van der Waals surface area contributed by atoms with Gasteiger partial charge in [0.25, 0.3) is 0 Å². The van der Waals surface area contributed by atoms with Crippen molar-refractivity contribution in [3.63, 3.8) is 0 Å². The van der Waals surface area contributed by atoms with Crippen LogP contribution in [0.5, 0.6) is 0 Å². The standard InChI is InChI=1S/C20H22FN3S/c1-13-6-7-18-16(10-13)17-12-23(2)9-8-19(17)24(18)20(25)22-15-5-3-4-14(21)11-15/h3-7,10-11,17,19H,8-9,12H2,1-2H3,(H,22,25). The molecular weight excluding hydrogens is 333 g/mol. The highest BCUT2D eigenvalue weighted by Gasteiger charge is 2.42. The van der Waals surface area contributed by atoms with Gasteiger partial charge < -0.3 is 15.1 Å². The smallest absolute Gasteiger partial charge is 0.178 e. The third-order valence-corrected chi connectivity index (χ3v) is 5.55. The van der Waals surface area contributed by atoms with Gasteiger partial charge in [-0.2, -0.15) is 0 Å². The zero-order chi connectivity index (χ0) is 17.6. The molecule has 4 rings (SSSR count). The van der Waals surface area contributed by atoms with E-state index in [2.05, 4.69) is 47.3 Å². The summed E-state index contributed by atoms with van der Waals surface area (Å²) in [6.45, 7) is 4.24. The van der Waals surface area contributed by atoms with Gasteiger partial charge in [0.2, 0.25) is 0 Å². The molecule has 2 unspecified atom stereocenters. The van der Waals surface area contributed by atoms with Crippen LogP contribution < -0.4 is 10.2 Å². The van der Waals surface area contributed by atoms with Crippen molar-refractivity contribution in [3.8, 4) is 0 Å². The third kappa shape index (κ3) is 3.02. The number of aryl methyl sites for hydroxylation is 1. The van der Waals surface area contributed by atoms with E-state index in [9.17, 15) is 4.39 Å². The molecule has 0 bridgehead atoms. The maximum Gasteiger partial charge on any atom is 0.178 e. The Morgan fingerprint density at radius 2 is 2.08 bits per heavy atom. The maximum absolute atomic E-state index is 13.5. The molecular formula is C20H22FN3S. The van der Waals surface area contributed by atoms with Gasteiger partial charge in [-0.25, -0.2) is 4.39 Å². The number of nitrogens with zero attached hydrogens (tertiary/aromatic N) is 2. The van der Waals surface area contributed by atoms with Crippen LogP contribution in [0.25, 0.3) is 0 Å². The predicted octanol–water partition coefficient (Wildman–Crippen LogP) is 4.14. The predicted molar refractivity (Wildman–Crippen MR) is 105 cm³/mol. The summed E-state index contributed by atoms with van der Waals surface area (Å²) in [6, 6.07) is 13.4. The molecule has 25 heavy (non-hydrogen) atoms. The lowest BCUT2D eigenvalue weighted by molar-refractivity contribution is 0.237. The van der Waals surface area contributed by atoms with E-state index in [0.717, 1.165) is 19.5 Å². The number of rotatable bonds is 1. The summed E-state index contributed by atoms with van der Waals surface area (Å²) in [4.78, 5) is 4.63. The van der Waals surface area contributed by atoms with Crippen LogP contribution in [0.3, 0.4) is 0 Å². The Morgan fingerprint density at radius 3 is 2.88 bits per heavy atom. The van der Waals surface area contributed by atoms with Crippen LogP contribution in [-0.4, -0.2) is 36.2 Å². The van der Waals surface area contributed by atoms with Gasteiger partial charge >= 0.3 is 0 Å². The van der Waals surface area contributed by atoms with Gasteiger partial charge in [-0.15, -0.1) is 0 Å². The minimum atomic E-state index is -0.262. The number of anilines is 2. The molecule has 2 heterocycles. The average molecular weight is 355 g/mol. The summed E-state index contributed by atoms with van der Waals surface area (Å²) in [5.74, 6) is 0.198. The van der Waals surface area contributed by atoms with Crippen LogP contribution in [0.15, 0.2) is 42.5 Å². The van der Waals surface area contributed by atoms with E-state index in [1.54, 1.807) is 6.07 Å².